The normalized spacial score (nSPS) is 12.6. The first-order valence-electron chi connectivity index (χ1n) is 8.15. The predicted octanol–water partition coefficient (Wildman–Crippen LogP) is 4.66. The van der Waals surface area contributed by atoms with Crippen molar-refractivity contribution in [2.24, 2.45) is 5.92 Å². The molecule has 1 atom stereocenters. The molecule has 0 radical (unpaired) electrons. The molecule has 1 aromatic rings. The average Bonchev–Trinajstić information content (AvgIpc) is 2.46. The Morgan fingerprint density at radius 2 is 1.81 bits per heavy atom. The maximum absolute atomic E-state index is 9.93. The van der Waals surface area contributed by atoms with E-state index in [-0.39, 0.29) is 6.04 Å². The summed E-state index contributed by atoms with van der Waals surface area (Å²) < 4.78 is 5.21. The fourth-order valence-corrected chi connectivity index (χ4v) is 2.47. The Hall–Kier alpha value is -1.22. The van der Waals surface area contributed by atoms with Gasteiger partial charge in [0.15, 0.2) is 0 Å². The quantitative estimate of drug-likeness (QED) is 0.617. The van der Waals surface area contributed by atoms with Crippen molar-refractivity contribution >= 4 is 0 Å². The van der Waals surface area contributed by atoms with Crippen molar-refractivity contribution in [2.75, 3.05) is 13.7 Å². The van der Waals surface area contributed by atoms with Gasteiger partial charge in [-0.05, 0) is 44.0 Å². The number of aromatic hydroxyl groups is 1. The first-order chi connectivity index (χ1) is 10.0. The van der Waals surface area contributed by atoms with Crippen LogP contribution in [0.5, 0.6) is 11.5 Å². The summed E-state index contributed by atoms with van der Waals surface area (Å²) in [5.41, 5.74) is 0.897. The number of rotatable bonds is 10. The number of ether oxygens (including phenoxy) is 1. The lowest BCUT2D eigenvalue weighted by atomic mass is 10.0. The Morgan fingerprint density at radius 3 is 2.48 bits per heavy atom. The van der Waals surface area contributed by atoms with E-state index in [0.29, 0.717) is 5.75 Å². The fourth-order valence-electron chi connectivity index (χ4n) is 2.47. The van der Waals surface area contributed by atoms with Gasteiger partial charge in [-0.2, -0.15) is 0 Å². The minimum absolute atomic E-state index is 0.135. The number of methoxy groups -OCH3 is 1. The van der Waals surface area contributed by atoms with Gasteiger partial charge in [-0.15, -0.1) is 0 Å². The molecule has 3 nitrogen and oxygen atoms in total. The Morgan fingerprint density at radius 1 is 1.10 bits per heavy atom. The third-order valence-corrected chi connectivity index (χ3v) is 3.86. The highest BCUT2D eigenvalue weighted by Gasteiger charge is 2.10. The van der Waals surface area contributed by atoms with Crippen molar-refractivity contribution in [1.29, 1.82) is 0 Å². The molecule has 1 aromatic carbocycles. The van der Waals surface area contributed by atoms with E-state index in [1.165, 1.54) is 32.1 Å². The highest BCUT2D eigenvalue weighted by atomic mass is 16.5. The molecule has 0 aliphatic rings. The van der Waals surface area contributed by atoms with Crippen LogP contribution in [-0.2, 0) is 0 Å². The first kappa shape index (κ1) is 17.8. The molecule has 0 heterocycles. The number of nitrogens with one attached hydrogen (secondary N) is 1. The second-order valence-electron chi connectivity index (χ2n) is 6.20. The van der Waals surface area contributed by atoms with E-state index >= 15 is 0 Å². The van der Waals surface area contributed by atoms with Crippen LogP contribution in [0.1, 0.15) is 64.5 Å². The summed E-state index contributed by atoms with van der Waals surface area (Å²) in [5, 5.41) is 13.4. The molecule has 0 fully saturated rings. The summed E-state index contributed by atoms with van der Waals surface area (Å²) in [6, 6.07) is 5.50. The van der Waals surface area contributed by atoms with E-state index in [2.05, 4.69) is 26.1 Å². The van der Waals surface area contributed by atoms with E-state index in [9.17, 15) is 5.11 Å². The second-order valence-corrected chi connectivity index (χ2v) is 6.20. The first-order valence-corrected chi connectivity index (χ1v) is 8.15. The van der Waals surface area contributed by atoms with Gasteiger partial charge in [-0.1, -0.05) is 39.5 Å². The standard InChI is InChI=1S/C18H31NO2/c1-14(2)9-7-5-6-8-12-19-15(3)17-13-16(21-4)10-11-18(17)20/h10-11,13-15,19-20H,5-9,12H2,1-4H3. The van der Waals surface area contributed by atoms with Gasteiger partial charge >= 0.3 is 0 Å². The molecule has 0 aliphatic carbocycles. The maximum Gasteiger partial charge on any atom is 0.120 e. The number of phenolic OH excluding ortho intramolecular Hbond substituents is 1. The molecule has 0 saturated heterocycles. The Balaban J connectivity index is 2.26. The lowest BCUT2D eigenvalue weighted by molar-refractivity contribution is 0.407. The lowest BCUT2D eigenvalue weighted by Gasteiger charge is -2.16. The van der Waals surface area contributed by atoms with Crippen LogP contribution in [0.3, 0.4) is 0 Å². The van der Waals surface area contributed by atoms with Crippen molar-refractivity contribution < 1.29 is 9.84 Å². The van der Waals surface area contributed by atoms with Crippen LogP contribution in [0.15, 0.2) is 18.2 Å². The van der Waals surface area contributed by atoms with Crippen molar-refractivity contribution in [2.45, 2.75) is 58.9 Å². The number of hydrogen-bond acceptors (Lipinski definition) is 3. The van der Waals surface area contributed by atoms with Crippen molar-refractivity contribution in [1.82, 2.24) is 5.32 Å². The van der Waals surface area contributed by atoms with E-state index in [1.54, 1.807) is 19.2 Å². The largest absolute Gasteiger partial charge is 0.508 e. The number of unbranched alkanes of at least 4 members (excludes halogenated alkanes) is 3. The monoisotopic (exact) mass is 293 g/mol. The summed E-state index contributed by atoms with van der Waals surface area (Å²) in [7, 11) is 1.64. The molecule has 0 saturated carbocycles. The third kappa shape index (κ3) is 6.85. The van der Waals surface area contributed by atoms with E-state index in [1.807, 2.05) is 6.07 Å². The number of hydrogen-bond donors (Lipinski definition) is 2. The zero-order chi connectivity index (χ0) is 15.7. The summed E-state index contributed by atoms with van der Waals surface area (Å²) in [4.78, 5) is 0. The molecular formula is C18H31NO2. The lowest BCUT2D eigenvalue weighted by Crippen LogP contribution is -2.20. The Kier molecular flexibility index (Phi) is 8.21. The Labute approximate surface area is 129 Å². The number of phenols is 1. The van der Waals surface area contributed by atoms with Gasteiger partial charge in [-0.25, -0.2) is 0 Å². The summed E-state index contributed by atoms with van der Waals surface area (Å²) in [6.45, 7) is 7.63. The van der Waals surface area contributed by atoms with Crippen molar-refractivity contribution in [3.63, 3.8) is 0 Å². The van der Waals surface area contributed by atoms with Gasteiger partial charge in [0.05, 0.1) is 7.11 Å². The molecule has 2 N–H and O–H groups in total. The molecular weight excluding hydrogens is 262 g/mol. The molecule has 0 bridgehead atoms. The Bertz CT molecular complexity index is 404. The van der Waals surface area contributed by atoms with Crippen molar-refractivity contribution in [3.05, 3.63) is 23.8 Å². The van der Waals surface area contributed by atoms with Crippen LogP contribution in [0.2, 0.25) is 0 Å². The topological polar surface area (TPSA) is 41.5 Å². The molecule has 1 rings (SSSR count). The molecule has 0 spiro atoms. The summed E-state index contributed by atoms with van der Waals surface area (Å²) in [6.07, 6.45) is 6.45. The fraction of sp³-hybridized carbons (Fsp3) is 0.667. The van der Waals surface area contributed by atoms with Crippen LogP contribution < -0.4 is 10.1 Å². The van der Waals surface area contributed by atoms with Gasteiger partial charge in [0.2, 0.25) is 0 Å². The predicted molar refractivity (Wildman–Crippen MR) is 89.0 cm³/mol. The van der Waals surface area contributed by atoms with E-state index in [0.717, 1.165) is 23.8 Å². The molecule has 21 heavy (non-hydrogen) atoms. The van der Waals surface area contributed by atoms with Crippen LogP contribution in [0.25, 0.3) is 0 Å². The molecule has 1 unspecified atom stereocenters. The molecule has 120 valence electrons. The zero-order valence-corrected chi connectivity index (χ0v) is 14.0. The average molecular weight is 293 g/mol. The van der Waals surface area contributed by atoms with Crippen molar-refractivity contribution in [3.8, 4) is 11.5 Å². The third-order valence-electron chi connectivity index (χ3n) is 3.86. The van der Waals surface area contributed by atoms with Gasteiger partial charge in [-0.3, -0.25) is 0 Å². The smallest absolute Gasteiger partial charge is 0.120 e. The highest BCUT2D eigenvalue weighted by molar-refractivity contribution is 5.41. The number of benzene rings is 1. The van der Waals surface area contributed by atoms with Crippen LogP contribution in [0.4, 0.5) is 0 Å². The maximum atomic E-state index is 9.93. The molecule has 0 aliphatic heterocycles. The SMILES string of the molecule is COc1ccc(O)c(C(C)NCCCCCCC(C)C)c1. The minimum atomic E-state index is 0.135. The molecule has 0 amide bonds. The van der Waals surface area contributed by atoms with Gasteiger partial charge in [0.25, 0.3) is 0 Å². The molecule has 3 heteroatoms. The van der Waals surface area contributed by atoms with Crippen LogP contribution in [0, 0.1) is 5.92 Å². The minimum Gasteiger partial charge on any atom is -0.508 e. The summed E-state index contributed by atoms with van der Waals surface area (Å²) in [5.74, 6) is 1.93. The van der Waals surface area contributed by atoms with Crippen LogP contribution >= 0.6 is 0 Å². The zero-order valence-electron chi connectivity index (χ0n) is 14.0. The van der Waals surface area contributed by atoms with Gasteiger partial charge in [0, 0.05) is 11.6 Å². The molecule has 0 aromatic heterocycles. The van der Waals surface area contributed by atoms with Gasteiger partial charge in [0.1, 0.15) is 11.5 Å². The van der Waals surface area contributed by atoms with Crippen LogP contribution in [-0.4, -0.2) is 18.8 Å². The van der Waals surface area contributed by atoms with E-state index < -0.39 is 0 Å². The second kappa shape index (κ2) is 9.67. The summed E-state index contributed by atoms with van der Waals surface area (Å²) >= 11 is 0. The van der Waals surface area contributed by atoms with Gasteiger partial charge < -0.3 is 15.2 Å². The highest BCUT2D eigenvalue weighted by Crippen LogP contribution is 2.28. The van der Waals surface area contributed by atoms with E-state index in [4.69, 9.17) is 4.74 Å².